The van der Waals surface area contributed by atoms with E-state index in [1.165, 1.54) is 30.5 Å². The van der Waals surface area contributed by atoms with Crippen LogP contribution < -0.4 is 4.74 Å². The van der Waals surface area contributed by atoms with Crippen LogP contribution in [-0.2, 0) is 10.2 Å². The molecule has 0 aliphatic heterocycles. The van der Waals surface area contributed by atoms with Crippen LogP contribution in [-0.4, -0.2) is 21.6 Å². The fraction of sp³-hybridized carbons (Fsp3) is 0.167. The van der Waals surface area contributed by atoms with E-state index in [-0.39, 0.29) is 22.5 Å². The van der Waals surface area contributed by atoms with Crippen molar-refractivity contribution in [3.63, 3.8) is 0 Å². The second-order valence-corrected chi connectivity index (χ2v) is 9.18. The van der Waals surface area contributed by atoms with Gasteiger partial charge in [-0.15, -0.1) is 0 Å². The summed E-state index contributed by atoms with van der Waals surface area (Å²) in [7, 11) is 0. The number of rotatable bonds is 8. The first-order valence-corrected chi connectivity index (χ1v) is 12.0. The molecule has 2 N–H and O–H groups in total. The highest BCUT2D eigenvalue weighted by Crippen LogP contribution is 2.37. The molecule has 5 aromatic rings. The Morgan fingerprint density at radius 3 is 2.59 bits per heavy atom. The number of hydrogen-bond donors (Lipinski definition) is 2. The van der Waals surface area contributed by atoms with Crippen molar-refractivity contribution in [2.75, 3.05) is 6.61 Å². The van der Waals surface area contributed by atoms with Crippen molar-refractivity contribution < 1.29 is 18.3 Å². The van der Waals surface area contributed by atoms with Gasteiger partial charge in [0.25, 0.3) is 0 Å². The van der Waals surface area contributed by atoms with E-state index in [0.717, 1.165) is 16.6 Å². The number of hydrogen-bond acceptors (Lipinski definition) is 3. The van der Waals surface area contributed by atoms with Gasteiger partial charge >= 0.3 is 0 Å². The van der Waals surface area contributed by atoms with Gasteiger partial charge in [0.2, 0.25) is 0 Å². The number of ether oxygens (including phenoxy) is 2. The van der Waals surface area contributed by atoms with Gasteiger partial charge < -0.3 is 19.4 Å². The largest absolute Gasteiger partial charge is 0.501 e. The van der Waals surface area contributed by atoms with Crippen LogP contribution in [0.3, 0.4) is 0 Å². The fourth-order valence-electron chi connectivity index (χ4n) is 4.31. The van der Waals surface area contributed by atoms with Crippen molar-refractivity contribution in [2.45, 2.75) is 26.2 Å². The van der Waals surface area contributed by atoms with Gasteiger partial charge in [-0.2, -0.15) is 0 Å². The van der Waals surface area contributed by atoms with Gasteiger partial charge in [-0.25, -0.2) is 13.8 Å². The Hall–Kier alpha value is -4.39. The highest BCUT2D eigenvalue weighted by Gasteiger charge is 2.26. The number of halogens is 2. The summed E-state index contributed by atoms with van der Waals surface area (Å²) in [5.41, 5.74) is 2.94. The van der Waals surface area contributed by atoms with Crippen molar-refractivity contribution in [2.24, 2.45) is 0 Å². The molecule has 2 aromatic heterocycles. The van der Waals surface area contributed by atoms with E-state index < -0.39 is 11.6 Å². The van der Waals surface area contributed by atoms with Crippen molar-refractivity contribution in [1.29, 1.82) is 0 Å². The van der Waals surface area contributed by atoms with E-state index in [2.05, 4.69) is 28.8 Å². The Labute approximate surface area is 213 Å². The minimum atomic E-state index is -0.554. The van der Waals surface area contributed by atoms with E-state index in [1.807, 2.05) is 43.3 Å². The first-order chi connectivity index (χ1) is 17.9. The zero-order valence-electron chi connectivity index (χ0n) is 20.8. The molecule has 5 nitrogen and oxygen atoms in total. The van der Waals surface area contributed by atoms with Crippen molar-refractivity contribution >= 4 is 17.0 Å². The predicted molar refractivity (Wildman–Crippen MR) is 142 cm³/mol. The topological polar surface area (TPSA) is 62.9 Å². The van der Waals surface area contributed by atoms with Crippen molar-refractivity contribution in [1.82, 2.24) is 15.0 Å². The summed E-state index contributed by atoms with van der Waals surface area (Å²) < 4.78 is 41.4. The predicted octanol–water partition coefficient (Wildman–Crippen LogP) is 7.96. The second kappa shape index (κ2) is 9.93. The highest BCUT2D eigenvalue weighted by atomic mass is 19.1. The zero-order chi connectivity index (χ0) is 26.0. The third kappa shape index (κ3) is 4.72. The summed E-state index contributed by atoms with van der Waals surface area (Å²) in [5.74, 6) is -0.367. The minimum Gasteiger partial charge on any atom is -0.501 e. The molecule has 7 heteroatoms. The zero-order valence-corrected chi connectivity index (χ0v) is 20.8. The molecule has 0 aliphatic rings. The molecule has 0 saturated carbocycles. The van der Waals surface area contributed by atoms with E-state index in [4.69, 9.17) is 9.47 Å². The Bertz CT molecular complexity index is 1570. The normalized spacial score (nSPS) is 11.9. The fourth-order valence-corrected chi connectivity index (χ4v) is 4.31. The monoisotopic (exact) mass is 499 g/mol. The molecule has 0 spiro atoms. The summed E-state index contributed by atoms with van der Waals surface area (Å²) in [6.45, 7) is 6.49. The Balaban J connectivity index is 1.51. The lowest BCUT2D eigenvalue weighted by Gasteiger charge is -2.23. The molecule has 0 radical (unpaired) electrons. The summed E-state index contributed by atoms with van der Waals surface area (Å²) in [5, 5.41) is 0.772. The summed E-state index contributed by atoms with van der Waals surface area (Å²) in [6, 6.07) is 17.5. The standard InChI is InChI=1S/C30H27F2N3O2/c1-4-36-15-13-22-21-12-14-33-26(21)17-25(32)28(22)37-20-10-11-24(31)23(16-20)29-34-18-27(35-29)30(2,3)19-8-6-5-7-9-19/h5-18,33H,4H2,1-3H3,(H,34,35)/b15-13-. The SMILES string of the molecule is CCO/C=C\c1c(Oc2ccc(F)c(-c3ncc(C(C)(C)c4ccccc4)[nH]3)c2)c(F)cc2[nH]ccc12. The van der Waals surface area contributed by atoms with E-state index in [9.17, 15) is 4.39 Å². The maximum Gasteiger partial charge on any atom is 0.171 e. The molecule has 0 saturated heterocycles. The second-order valence-electron chi connectivity index (χ2n) is 9.18. The number of aromatic nitrogens is 3. The number of H-pyrrole nitrogens is 2. The van der Waals surface area contributed by atoms with Crippen molar-refractivity contribution in [3.05, 3.63) is 108 Å². The molecule has 37 heavy (non-hydrogen) atoms. The number of nitrogens with zero attached hydrogens (tertiary/aromatic N) is 1. The molecule has 188 valence electrons. The van der Waals surface area contributed by atoms with Gasteiger partial charge in [0, 0.05) is 46.0 Å². The molecule has 0 atom stereocenters. The van der Waals surface area contributed by atoms with Crippen molar-refractivity contribution in [3.8, 4) is 22.9 Å². The molecule has 3 aromatic carbocycles. The molecule has 0 fully saturated rings. The Kier molecular flexibility index (Phi) is 6.53. The minimum absolute atomic E-state index is 0.0194. The average molecular weight is 500 g/mol. The lowest BCUT2D eigenvalue weighted by Crippen LogP contribution is -2.19. The van der Waals surface area contributed by atoms with Gasteiger partial charge in [-0.05, 0) is 42.8 Å². The number of nitrogens with one attached hydrogen (secondary N) is 2. The van der Waals surface area contributed by atoms with Gasteiger partial charge in [0.15, 0.2) is 11.6 Å². The van der Waals surface area contributed by atoms with Crippen LogP contribution in [0, 0.1) is 11.6 Å². The molecular weight excluding hydrogens is 472 g/mol. The highest BCUT2D eigenvalue weighted by molar-refractivity contribution is 5.91. The van der Waals surface area contributed by atoms with Crippen LogP contribution in [0.1, 0.15) is 37.6 Å². The summed E-state index contributed by atoms with van der Waals surface area (Å²) >= 11 is 0. The van der Waals surface area contributed by atoms with E-state index in [1.54, 1.807) is 18.5 Å². The number of fused-ring (bicyclic) bond motifs is 1. The molecule has 0 amide bonds. The van der Waals surface area contributed by atoms with Crippen LogP contribution in [0.15, 0.2) is 79.3 Å². The third-order valence-corrected chi connectivity index (χ3v) is 6.46. The van der Waals surface area contributed by atoms with Crippen LogP contribution in [0.4, 0.5) is 8.78 Å². The maximum absolute atomic E-state index is 15.1. The smallest absolute Gasteiger partial charge is 0.171 e. The quantitative estimate of drug-likeness (QED) is 0.213. The molecule has 0 bridgehead atoms. The molecular formula is C30H27F2N3O2. The molecule has 2 heterocycles. The Morgan fingerprint density at radius 1 is 1.00 bits per heavy atom. The van der Waals surface area contributed by atoms with E-state index >= 15 is 4.39 Å². The first-order valence-electron chi connectivity index (χ1n) is 12.0. The third-order valence-electron chi connectivity index (χ3n) is 6.46. The molecule has 0 aliphatic carbocycles. The van der Waals surface area contributed by atoms with Gasteiger partial charge in [-0.3, -0.25) is 0 Å². The lowest BCUT2D eigenvalue weighted by atomic mass is 9.82. The average Bonchev–Trinajstić information content (AvgIpc) is 3.58. The summed E-state index contributed by atoms with van der Waals surface area (Å²) in [6.07, 6.45) is 6.61. The van der Waals surface area contributed by atoms with E-state index in [0.29, 0.717) is 23.5 Å². The maximum atomic E-state index is 15.1. The van der Waals surface area contributed by atoms with Crippen LogP contribution in [0.5, 0.6) is 11.5 Å². The number of benzene rings is 3. The Morgan fingerprint density at radius 2 is 1.81 bits per heavy atom. The molecule has 5 rings (SSSR count). The summed E-state index contributed by atoms with van der Waals surface area (Å²) in [4.78, 5) is 10.7. The van der Waals surface area contributed by atoms with Crippen LogP contribution in [0.25, 0.3) is 28.4 Å². The molecule has 0 unspecified atom stereocenters. The van der Waals surface area contributed by atoms with Crippen LogP contribution in [0.2, 0.25) is 0 Å². The number of imidazole rings is 1. The first kappa shape index (κ1) is 24.3. The number of aromatic amines is 2. The van der Waals surface area contributed by atoms with Gasteiger partial charge in [0.1, 0.15) is 17.4 Å². The lowest BCUT2D eigenvalue weighted by molar-refractivity contribution is 0.272. The van der Waals surface area contributed by atoms with Crippen LogP contribution >= 0.6 is 0 Å². The van der Waals surface area contributed by atoms with Gasteiger partial charge in [0.05, 0.1) is 18.4 Å². The van der Waals surface area contributed by atoms with Gasteiger partial charge in [-0.1, -0.05) is 44.2 Å².